The number of nitrogens with zero attached hydrogens (tertiary/aromatic N) is 1. The van der Waals surface area contributed by atoms with E-state index in [2.05, 4.69) is 20.9 Å². The van der Waals surface area contributed by atoms with Crippen molar-refractivity contribution in [2.75, 3.05) is 6.54 Å². The number of aliphatic hydroxyl groups is 1. The number of amides is 3. The van der Waals surface area contributed by atoms with Crippen molar-refractivity contribution in [1.29, 1.82) is 0 Å². The SMILES string of the molecule is CC(C)C(N)C(=O)NC(C(=O)NC(CCCN=C(N)N)C(=O)NC(Cc1ccccc1)C(=O)O)C(C)O. The minimum absolute atomic E-state index is 0.0238. The molecule has 11 N–H and O–H groups in total. The third kappa shape index (κ3) is 11.3. The van der Waals surface area contributed by atoms with Crippen LogP contribution in [-0.2, 0) is 25.6 Å². The van der Waals surface area contributed by atoms with Crippen molar-refractivity contribution in [2.45, 2.75) is 70.3 Å². The van der Waals surface area contributed by atoms with Gasteiger partial charge in [-0.15, -0.1) is 0 Å². The molecule has 0 aromatic heterocycles. The van der Waals surface area contributed by atoms with Crippen LogP contribution in [0.3, 0.4) is 0 Å². The Morgan fingerprint density at radius 2 is 1.51 bits per heavy atom. The standard InChI is InChI=1S/C24H39N7O6/c1-13(2)18(25)21(34)31-19(14(3)32)22(35)29-16(10-7-11-28-24(26)27)20(33)30-17(23(36)37)12-15-8-5-4-6-9-15/h4-6,8-9,13-14,16-19,32H,7,10-12,25H2,1-3H3,(H,29,35)(H,30,33)(H,31,34)(H,36,37)(H4,26,27,28). The number of rotatable bonds is 15. The molecule has 0 radical (unpaired) electrons. The van der Waals surface area contributed by atoms with Gasteiger partial charge in [0.2, 0.25) is 17.7 Å². The lowest BCUT2D eigenvalue weighted by Gasteiger charge is -2.27. The molecule has 0 aliphatic rings. The second kappa shape index (κ2) is 15.4. The molecular formula is C24H39N7O6. The Kier molecular flexibility index (Phi) is 13.0. The number of guanidine groups is 1. The molecule has 37 heavy (non-hydrogen) atoms. The van der Waals surface area contributed by atoms with Crippen LogP contribution < -0.4 is 33.2 Å². The molecule has 3 amide bonds. The summed E-state index contributed by atoms with van der Waals surface area (Å²) in [6, 6.07) is 3.97. The highest BCUT2D eigenvalue weighted by Crippen LogP contribution is 2.07. The summed E-state index contributed by atoms with van der Waals surface area (Å²) in [4.78, 5) is 54.1. The number of carbonyl (C=O) groups is 4. The Balaban J connectivity index is 3.05. The average Bonchev–Trinajstić information content (AvgIpc) is 2.83. The summed E-state index contributed by atoms with van der Waals surface area (Å²) in [7, 11) is 0. The maximum Gasteiger partial charge on any atom is 0.326 e. The topological polar surface area (TPSA) is 235 Å². The van der Waals surface area contributed by atoms with Gasteiger partial charge in [0, 0.05) is 13.0 Å². The van der Waals surface area contributed by atoms with Gasteiger partial charge < -0.3 is 43.4 Å². The predicted octanol–water partition coefficient (Wildman–Crippen LogP) is -1.81. The summed E-state index contributed by atoms with van der Waals surface area (Å²) < 4.78 is 0. The fourth-order valence-corrected chi connectivity index (χ4v) is 3.31. The summed E-state index contributed by atoms with van der Waals surface area (Å²) in [5, 5.41) is 27.1. The summed E-state index contributed by atoms with van der Waals surface area (Å²) >= 11 is 0. The molecule has 5 atom stereocenters. The molecule has 13 heteroatoms. The molecular weight excluding hydrogens is 482 g/mol. The molecule has 0 heterocycles. The summed E-state index contributed by atoms with van der Waals surface area (Å²) in [6.07, 6.45) is -0.955. The van der Waals surface area contributed by atoms with Gasteiger partial charge in [-0.05, 0) is 31.2 Å². The number of carboxylic acid groups (broad SMARTS) is 1. The maximum absolute atomic E-state index is 13.1. The largest absolute Gasteiger partial charge is 0.480 e. The maximum atomic E-state index is 13.1. The quantitative estimate of drug-likeness (QED) is 0.0736. The molecule has 13 nitrogen and oxygen atoms in total. The van der Waals surface area contributed by atoms with Crippen molar-refractivity contribution in [1.82, 2.24) is 16.0 Å². The van der Waals surface area contributed by atoms with E-state index >= 15 is 0 Å². The molecule has 0 aliphatic carbocycles. The van der Waals surface area contributed by atoms with Crippen LogP contribution in [0, 0.1) is 5.92 Å². The van der Waals surface area contributed by atoms with E-state index in [-0.39, 0.29) is 37.7 Å². The van der Waals surface area contributed by atoms with Crippen LogP contribution in [0.25, 0.3) is 0 Å². The van der Waals surface area contributed by atoms with Gasteiger partial charge in [-0.3, -0.25) is 19.4 Å². The zero-order valence-corrected chi connectivity index (χ0v) is 21.4. The minimum atomic E-state index is -1.40. The van der Waals surface area contributed by atoms with Crippen LogP contribution in [0.1, 0.15) is 39.2 Å². The Labute approximate surface area is 216 Å². The normalized spacial score (nSPS) is 15.0. The van der Waals surface area contributed by atoms with Crippen LogP contribution in [-0.4, -0.2) is 76.7 Å². The molecule has 0 spiro atoms. The first-order valence-corrected chi connectivity index (χ1v) is 12.0. The first-order chi connectivity index (χ1) is 17.3. The average molecular weight is 522 g/mol. The van der Waals surface area contributed by atoms with Crippen molar-refractivity contribution in [3.8, 4) is 0 Å². The Morgan fingerprint density at radius 1 is 0.919 bits per heavy atom. The molecule has 206 valence electrons. The van der Waals surface area contributed by atoms with E-state index in [1.54, 1.807) is 44.2 Å². The van der Waals surface area contributed by atoms with Crippen molar-refractivity contribution >= 4 is 29.7 Å². The van der Waals surface area contributed by atoms with Gasteiger partial charge in [0.1, 0.15) is 18.1 Å². The smallest absolute Gasteiger partial charge is 0.326 e. The fraction of sp³-hybridized carbons (Fsp3) is 0.542. The Morgan fingerprint density at radius 3 is 2.03 bits per heavy atom. The van der Waals surface area contributed by atoms with E-state index in [9.17, 15) is 29.4 Å². The predicted molar refractivity (Wildman–Crippen MR) is 138 cm³/mol. The number of nitrogens with one attached hydrogen (secondary N) is 3. The molecule has 0 fully saturated rings. The van der Waals surface area contributed by atoms with Crippen LogP contribution in [0.15, 0.2) is 35.3 Å². The lowest BCUT2D eigenvalue weighted by atomic mass is 10.0. The fourth-order valence-electron chi connectivity index (χ4n) is 3.31. The van der Waals surface area contributed by atoms with Gasteiger partial charge in [-0.1, -0.05) is 44.2 Å². The second-order valence-corrected chi connectivity index (χ2v) is 9.10. The number of carboxylic acids is 1. The molecule has 0 saturated carbocycles. The lowest BCUT2D eigenvalue weighted by molar-refractivity contribution is -0.142. The first-order valence-electron chi connectivity index (χ1n) is 12.0. The van der Waals surface area contributed by atoms with Crippen LogP contribution in [0.2, 0.25) is 0 Å². The molecule has 1 aromatic carbocycles. The molecule has 0 bridgehead atoms. The Hall–Kier alpha value is -3.71. The highest BCUT2D eigenvalue weighted by Gasteiger charge is 2.32. The van der Waals surface area contributed by atoms with Crippen molar-refractivity contribution < 1.29 is 29.4 Å². The molecule has 1 rings (SSSR count). The summed E-state index contributed by atoms with van der Waals surface area (Å²) in [6.45, 7) is 4.92. The zero-order valence-electron chi connectivity index (χ0n) is 21.4. The lowest BCUT2D eigenvalue weighted by Crippen LogP contribution is -2.60. The van der Waals surface area contributed by atoms with E-state index in [1.807, 2.05) is 0 Å². The van der Waals surface area contributed by atoms with Gasteiger partial charge in [-0.25, -0.2) is 4.79 Å². The number of carbonyl (C=O) groups excluding carboxylic acids is 3. The van der Waals surface area contributed by atoms with Crippen LogP contribution >= 0.6 is 0 Å². The molecule has 1 aromatic rings. The van der Waals surface area contributed by atoms with E-state index in [0.717, 1.165) is 0 Å². The number of hydrogen-bond donors (Lipinski definition) is 8. The summed E-state index contributed by atoms with van der Waals surface area (Å²) in [5.41, 5.74) is 17.2. The van der Waals surface area contributed by atoms with Gasteiger partial charge >= 0.3 is 5.97 Å². The van der Waals surface area contributed by atoms with E-state index < -0.39 is 54.0 Å². The summed E-state index contributed by atoms with van der Waals surface area (Å²) in [5.74, 6) is -3.84. The van der Waals surface area contributed by atoms with Crippen molar-refractivity contribution in [3.63, 3.8) is 0 Å². The molecule has 0 aliphatic heterocycles. The third-order valence-electron chi connectivity index (χ3n) is 5.56. The van der Waals surface area contributed by atoms with Gasteiger partial charge in [-0.2, -0.15) is 0 Å². The van der Waals surface area contributed by atoms with E-state index in [4.69, 9.17) is 17.2 Å². The highest BCUT2D eigenvalue weighted by molar-refractivity contribution is 5.94. The number of aliphatic imine (C=N–C) groups is 1. The van der Waals surface area contributed by atoms with E-state index in [0.29, 0.717) is 5.56 Å². The number of benzene rings is 1. The van der Waals surface area contributed by atoms with Crippen molar-refractivity contribution in [2.24, 2.45) is 28.1 Å². The number of aliphatic carboxylic acids is 1. The van der Waals surface area contributed by atoms with E-state index in [1.165, 1.54) is 6.92 Å². The number of hydrogen-bond acceptors (Lipinski definition) is 7. The minimum Gasteiger partial charge on any atom is -0.480 e. The number of aliphatic hydroxyl groups excluding tert-OH is 1. The van der Waals surface area contributed by atoms with Gasteiger partial charge in [0.05, 0.1) is 12.1 Å². The number of nitrogens with two attached hydrogens (primary N) is 3. The van der Waals surface area contributed by atoms with Gasteiger partial charge in [0.15, 0.2) is 5.96 Å². The monoisotopic (exact) mass is 521 g/mol. The molecule has 0 saturated heterocycles. The third-order valence-corrected chi connectivity index (χ3v) is 5.56. The van der Waals surface area contributed by atoms with Crippen LogP contribution in [0.5, 0.6) is 0 Å². The zero-order chi connectivity index (χ0) is 28.1. The first kappa shape index (κ1) is 31.3. The van der Waals surface area contributed by atoms with Gasteiger partial charge in [0.25, 0.3) is 0 Å². The van der Waals surface area contributed by atoms with Crippen molar-refractivity contribution in [3.05, 3.63) is 35.9 Å². The second-order valence-electron chi connectivity index (χ2n) is 9.10. The highest BCUT2D eigenvalue weighted by atomic mass is 16.4. The Bertz CT molecular complexity index is 935. The molecule has 5 unspecified atom stereocenters. The van der Waals surface area contributed by atoms with Crippen LogP contribution in [0.4, 0.5) is 0 Å².